The van der Waals surface area contributed by atoms with Crippen LogP contribution in [0.25, 0.3) is 0 Å². The molecule has 0 radical (unpaired) electrons. The highest BCUT2D eigenvalue weighted by molar-refractivity contribution is 6.34. The fourth-order valence-corrected chi connectivity index (χ4v) is 3.35. The maximum atomic E-state index is 12.7. The summed E-state index contributed by atoms with van der Waals surface area (Å²) in [6, 6.07) is 19.1. The van der Waals surface area contributed by atoms with E-state index in [1.54, 1.807) is 48.5 Å². The molecule has 1 aliphatic rings. The summed E-state index contributed by atoms with van der Waals surface area (Å²) in [6.07, 6.45) is 0. The number of hydrogen-bond acceptors (Lipinski definition) is 4. The normalized spacial score (nSPS) is 12.7. The largest absolute Gasteiger partial charge is 0.483 e. The van der Waals surface area contributed by atoms with E-state index in [4.69, 9.17) is 4.74 Å². The summed E-state index contributed by atoms with van der Waals surface area (Å²) >= 11 is 0. The van der Waals surface area contributed by atoms with Gasteiger partial charge in [-0.25, -0.2) is 4.90 Å². The Labute approximate surface area is 174 Å². The molecule has 150 valence electrons. The van der Waals surface area contributed by atoms with Gasteiger partial charge in [0.2, 0.25) is 0 Å². The summed E-state index contributed by atoms with van der Waals surface area (Å²) in [5.41, 5.74) is 3.61. The van der Waals surface area contributed by atoms with E-state index in [0.29, 0.717) is 28.3 Å². The van der Waals surface area contributed by atoms with Crippen LogP contribution in [0.1, 0.15) is 31.8 Å². The lowest BCUT2D eigenvalue weighted by Gasteiger charge is -2.15. The van der Waals surface area contributed by atoms with Gasteiger partial charge in [0.15, 0.2) is 6.61 Å². The number of benzene rings is 3. The van der Waals surface area contributed by atoms with Crippen molar-refractivity contribution in [3.05, 3.63) is 89.0 Å². The van der Waals surface area contributed by atoms with Gasteiger partial charge < -0.3 is 10.1 Å². The Morgan fingerprint density at radius 1 is 0.900 bits per heavy atom. The molecule has 1 heterocycles. The van der Waals surface area contributed by atoms with Crippen LogP contribution in [-0.4, -0.2) is 24.3 Å². The van der Waals surface area contributed by atoms with Crippen LogP contribution in [0.4, 0.5) is 11.4 Å². The molecule has 0 fully saturated rings. The van der Waals surface area contributed by atoms with Crippen molar-refractivity contribution in [2.24, 2.45) is 0 Å². The molecule has 0 spiro atoms. The minimum absolute atomic E-state index is 0.151. The summed E-state index contributed by atoms with van der Waals surface area (Å²) < 4.78 is 5.63. The average molecular weight is 400 g/mol. The number of ether oxygens (including phenoxy) is 1. The van der Waals surface area contributed by atoms with Gasteiger partial charge in [0.25, 0.3) is 17.7 Å². The highest BCUT2D eigenvalue weighted by Gasteiger charge is 2.36. The second-order valence-electron chi connectivity index (χ2n) is 7.15. The zero-order chi connectivity index (χ0) is 21.3. The predicted molar refractivity (Wildman–Crippen MR) is 114 cm³/mol. The smallest absolute Gasteiger partial charge is 0.266 e. The number of amides is 3. The van der Waals surface area contributed by atoms with Crippen molar-refractivity contribution >= 4 is 29.1 Å². The molecule has 3 amide bonds. The van der Waals surface area contributed by atoms with Gasteiger partial charge in [-0.15, -0.1) is 0 Å². The number of rotatable bonds is 5. The zero-order valence-electron chi connectivity index (χ0n) is 16.6. The SMILES string of the molecule is Cc1ccc(C)c(OCC(=O)Nc2cccc(N3C(=O)c4ccccc4C3=O)c2)c1. The molecule has 0 saturated carbocycles. The monoisotopic (exact) mass is 400 g/mol. The van der Waals surface area contributed by atoms with Crippen LogP contribution in [0.5, 0.6) is 5.75 Å². The molecule has 1 aliphatic heterocycles. The number of imide groups is 1. The first-order valence-electron chi connectivity index (χ1n) is 9.52. The highest BCUT2D eigenvalue weighted by Crippen LogP contribution is 2.29. The lowest BCUT2D eigenvalue weighted by atomic mass is 10.1. The Bertz CT molecular complexity index is 1130. The maximum absolute atomic E-state index is 12.7. The minimum atomic E-state index is -0.377. The summed E-state index contributed by atoms with van der Waals surface area (Å²) in [4.78, 5) is 38.8. The van der Waals surface area contributed by atoms with E-state index in [9.17, 15) is 14.4 Å². The number of anilines is 2. The molecule has 3 aromatic carbocycles. The van der Waals surface area contributed by atoms with Crippen LogP contribution >= 0.6 is 0 Å². The van der Waals surface area contributed by atoms with Crippen molar-refractivity contribution in [3.63, 3.8) is 0 Å². The van der Waals surface area contributed by atoms with E-state index in [-0.39, 0.29) is 24.3 Å². The standard InChI is InChI=1S/C24H20N2O4/c1-15-10-11-16(2)21(12-15)30-14-22(27)25-17-6-5-7-18(13-17)26-23(28)19-8-3-4-9-20(19)24(26)29/h3-13H,14H2,1-2H3,(H,25,27). The maximum Gasteiger partial charge on any atom is 0.266 e. The quantitative estimate of drug-likeness (QED) is 0.654. The molecule has 6 heteroatoms. The molecule has 4 rings (SSSR count). The second kappa shape index (κ2) is 7.83. The van der Waals surface area contributed by atoms with Gasteiger partial charge in [0.1, 0.15) is 5.75 Å². The molecule has 0 atom stereocenters. The third kappa shape index (κ3) is 3.67. The lowest BCUT2D eigenvalue weighted by molar-refractivity contribution is -0.118. The van der Waals surface area contributed by atoms with Crippen molar-refractivity contribution in [2.75, 3.05) is 16.8 Å². The van der Waals surface area contributed by atoms with E-state index in [2.05, 4.69) is 5.32 Å². The number of fused-ring (bicyclic) bond motifs is 1. The van der Waals surface area contributed by atoms with Crippen molar-refractivity contribution < 1.29 is 19.1 Å². The fraction of sp³-hybridized carbons (Fsp3) is 0.125. The number of carbonyl (C=O) groups is 3. The molecule has 0 aliphatic carbocycles. The summed E-state index contributed by atoms with van der Waals surface area (Å²) in [6.45, 7) is 3.72. The molecule has 1 N–H and O–H groups in total. The van der Waals surface area contributed by atoms with Crippen molar-refractivity contribution in [2.45, 2.75) is 13.8 Å². The third-order valence-corrected chi connectivity index (χ3v) is 4.88. The molecule has 0 bridgehead atoms. The van der Waals surface area contributed by atoms with E-state index < -0.39 is 0 Å². The number of nitrogens with one attached hydrogen (secondary N) is 1. The zero-order valence-corrected chi connectivity index (χ0v) is 16.6. The molecule has 30 heavy (non-hydrogen) atoms. The fourth-order valence-electron chi connectivity index (χ4n) is 3.35. The molecule has 0 unspecified atom stereocenters. The van der Waals surface area contributed by atoms with E-state index in [0.717, 1.165) is 16.0 Å². The molecular weight excluding hydrogens is 380 g/mol. The average Bonchev–Trinajstić information content (AvgIpc) is 2.99. The topological polar surface area (TPSA) is 75.7 Å². The van der Waals surface area contributed by atoms with Crippen LogP contribution in [-0.2, 0) is 4.79 Å². The van der Waals surface area contributed by atoms with Gasteiger partial charge in [0, 0.05) is 5.69 Å². The van der Waals surface area contributed by atoms with E-state index in [1.165, 1.54) is 0 Å². The van der Waals surface area contributed by atoms with Gasteiger partial charge in [0.05, 0.1) is 16.8 Å². The summed E-state index contributed by atoms with van der Waals surface area (Å²) in [5.74, 6) is -0.435. The Hall–Kier alpha value is -3.93. The van der Waals surface area contributed by atoms with Crippen LogP contribution in [0.2, 0.25) is 0 Å². The van der Waals surface area contributed by atoms with Crippen LogP contribution in [0.3, 0.4) is 0 Å². The van der Waals surface area contributed by atoms with Gasteiger partial charge in [-0.1, -0.05) is 30.3 Å². The van der Waals surface area contributed by atoms with Crippen molar-refractivity contribution in [3.8, 4) is 5.75 Å². The Kier molecular flexibility index (Phi) is 5.06. The summed E-state index contributed by atoms with van der Waals surface area (Å²) in [7, 11) is 0. The van der Waals surface area contributed by atoms with E-state index >= 15 is 0 Å². The third-order valence-electron chi connectivity index (χ3n) is 4.88. The van der Waals surface area contributed by atoms with Crippen LogP contribution in [0, 0.1) is 13.8 Å². The number of hydrogen-bond donors (Lipinski definition) is 1. The molecule has 0 saturated heterocycles. The van der Waals surface area contributed by atoms with Crippen LogP contribution in [0.15, 0.2) is 66.7 Å². The first-order chi connectivity index (χ1) is 14.4. The highest BCUT2D eigenvalue weighted by atomic mass is 16.5. The Balaban J connectivity index is 1.46. The van der Waals surface area contributed by atoms with E-state index in [1.807, 2.05) is 32.0 Å². The van der Waals surface area contributed by atoms with Gasteiger partial charge in [-0.3, -0.25) is 14.4 Å². The van der Waals surface area contributed by atoms with Crippen LogP contribution < -0.4 is 15.0 Å². The van der Waals surface area contributed by atoms with Gasteiger partial charge in [-0.2, -0.15) is 0 Å². The first kappa shape index (κ1) is 19.4. The second-order valence-corrected chi connectivity index (χ2v) is 7.15. The first-order valence-corrected chi connectivity index (χ1v) is 9.52. The molecule has 0 aromatic heterocycles. The number of aryl methyl sites for hydroxylation is 2. The number of nitrogens with zero attached hydrogens (tertiary/aromatic N) is 1. The summed E-state index contributed by atoms with van der Waals surface area (Å²) in [5, 5.41) is 2.75. The van der Waals surface area contributed by atoms with Gasteiger partial charge in [-0.05, 0) is 61.4 Å². The van der Waals surface area contributed by atoms with Crippen molar-refractivity contribution in [1.29, 1.82) is 0 Å². The van der Waals surface area contributed by atoms with Gasteiger partial charge >= 0.3 is 0 Å². The Morgan fingerprint density at radius 2 is 1.60 bits per heavy atom. The van der Waals surface area contributed by atoms with Crippen molar-refractivity contribution in [1.82, 2.24) is 0 Å². The molecule has 3 aromatic rings. The predicted octanol–water partition coefficient (Wildman–Crippen LogP) is 4.12. The Morgan fingerprint density at radius 3 is 2.30 bits per heavy atom. The molecular formula is C24H20N2O4. The lowest BCUT2D eigenvalue weighted by Crippen LogP contribution is -2.29. The number of carbonyl (C=O) groups excluding carboxylic acids is 3. The molecule has 6 nitrogen and oxygen atoms in total. The minimum Gasteiger partial charge on any atom is -0.483 e.